The summed E-state index contributed by atoms with van der Waals surface area (Å²) in [7, 11) is 1.57. The molecule has 2 amide bonds. The van der Waals surface area contributed by atoms with Crippen molar-refractivity contribution in [3.8, 4) is 5.75 Å². The van der Waals surface area contributed by atoms with E-state index in [0.717, 1.165) is 5.56 Å². The second-order valence-corrected chi connectivity index (χ2v) is 6.09. The molecule has 0 fully saturated rings. The van der Waals surface area contributed by atoms with Gasteiger partial charge in [-0.25, -0.2) is 0 Å². The Hall–Kier alpha value is -3.02. The highest BCUT2D eigenvalue weighted by molar-refractivity contribution is 5.90. The average Bonchev–Trinajstić information content (AvgIpc) is 2.67. The number of nitrogens with zero attached hydrogens (tertiary/aromatic N) is 1. The quantitative estimate of drug-likeness (QED) is 0.745. The van der Waals surface area contributed by atoms with Crippen molar-refractivity contribution in [1.29, 1.82) is 0 Å². The second-order valence-electron chi connectivity index (χ2n) is 6.09. The number of likely N-dealkylation sites (N-methyl/N-ethyl adjacent to an activating group) is 1. The van der Waals surface area contributed by atoms with Gasteiger partial charge in [0.2, 0.25) is 11.8 Å². The molecule has 144 valence electrons. The van der Waals surface area contributed by atoms with Gasteiger partial charge in [-0.3, -0.25) is 9.59 Å². The second kappa shape index (κ2) is 9.62. The van der Waals surface area contributed by atoms with E-state index in [9.17, 15) is 9.59 Å². The van der Waals surface area contributed by atoms with Crippen LogP contribution in [0.2, 0.25) is 0 Å². The number of methoxy groups -OCH3 is 1. The van der Waals surface area contributed by atoms with E-state index in [2.05, 4.69) is 10.6 Å². The molecule has 0 unspecified atom stereocenters. The Labute approximate surface area is 160 Å². The average molecular weight is 369 g/mol. The number of benzene rings is 2. The molecule has 0 aliphatic carbocycles. The lowest BCUT2D eigenvalue weighted by Crippen LogP contribution is -2.37. The van der Waals surface area contributed by atoms with Gasteiger partial charge in [0.15, 0.2) is 0 Å². The summed E-state index contributed by atoms with van der Waals surface area (Å²) in [6.07, 6.45) is 0. The van der Waals surface area contributed by atoms with Crippen LogP contribution >= 0.6 is 0 Å². The van der Waals surface area contributed by atoms with Crippen molar-refractivity contribution in [1.82, 2.24) is 4.90 Å². The van der Waals surface area contributed by atoms with Crippen LogP contribution in [0.4, 0.5) is 11.4 Å². The van der Waals surface area contributed by atoms with Crippen LogP contribution in [0.1, 0.15) is 32.4 Å². The number of hydrogen-bond acceptors (Lipinski definition) is 4. The zero-order valence-electron chi connectivity index (χ0n) is 16.3. The first-order chi connectivity index (χ1) is 13.0. The molecule has 2 N–H and O–H groups in total. The summed E-state index contributed by atoms with van der Waals surface area (Å²) in [5, 5.41) is 6.06. The standard InChI is InChI=1S/C21H27N3O3/c1-5-24(6-2)21(26)20(16-10-8-7-9-11-16)23-18-14-17(22-15(3)25)12-13-19(18)27-4/h7-14,20,23H,5-6H2,1-4H3,(H,22,25)/t20-/m1/s1. The number of ether oxygens (including phenoxy) is 1. The summed E-state index contributed by atoms with van der Waals surface area (Å²) in [5.74, 6) is 0.417. The molecular formula is C21H27N3O3. The van der Waals surface area contributed by atoms with Gasteiger partial charge in [0.25, 0.3) is 0 Å². The molecule has 2 aromatic rings. The van der Waals surface area contributed by atoms with E-state index < -0.39 is 6.04 Å². The lowest BCUT2D eigenvalue weighted by Gasteiger charge is -2.27. The highest BCUT2D eigenvalue weighted by atomic mass is 16.5. The minimum Gasteiger partial charge on any atom is -0.495 e. The van der Waals surface area contributed by atoms with Gasteiger partial charge in [-0.15, -0.1) is 0 Å². The molecule has 0 aliphatic heterocycles. The van der Waals surface area contributed by atoms with Crippen molar-refractivity contribution in [2.45, 2.75) is 26.8 Å². The van der Waals surface area contributed by atoms with Crippen molar-refractivity contribution in [3.63, 3.8) is 0 Å². The van der Waals surface area contributed by atoms with Crippen molar-refractivity contribution in [3.05, 3.63) is 54.1 Å². The predicted octanol–water partition coefficient (Wildman–Crippen LogP) is 3.68. The summed E-state index contributed by atoms with van der Waals surface area (Å²) in [4.78, 5) is 26.3. The van der Waals surface area contributed by atoms with Gasteiger partial charge in [-0.1, -0.05) is 30.3 Å². The normalized spacial score (nSPS) is 11.4. The third kappa shape index (κ3) is 5.23. The Morgan fingerprint density at radius 2 is 1.74 bits per heavy atom. The maximum absolute atomic E-state index is 13.1. The SMILES string of the molecule is CCN(CC)C(=O)[C@H](Nc1cc(NC(C)=O)ccc1OC)c1ccccc1. The van der Waals surface area contributed by atoms with Gasteiger partial charge in [0.05, 0.1) is 12.8 Å². The van der Waals surface area contributed by atoms with E-state index in [1.807, 2.05) is 44.2 Å². The fourth-order valence-corrected chi connectivity index (χ4v) is 2.91. The van der Waals surface area contributed by atoms with Crippen LogP contribution in [-0.4, -0.2) is 36.9 Å². The predicted molar refractivity (Wildman–Crippen MR) is 108 cm³/mol. The maximum atomic E-state index is 13.1. The summed E-state index contributed by atoms with van der Waals surface area (Å²) >= 11 is 0. The molecule has 2 rings (SSSR count). The molecule has 1 atom stereocenters. The number of amides is 2. The van der Waals surface area contributed by atoms with Crippen molar-refractivity contribution >= 4 is 23.2 Å². The van der Waals surface area contributed by atoms with E-state index in [1.165, 1.54) is 6.92 Å². The van der Waals surface area contributed by atoms with Gasteiger partial charge >= 0.3 is 0 Å². The summed E-state index contributed by atoms with van der Waals surface area (Å²) in [6.45, 7) is 6.63. The van der Waals surface area contributed by atoms with E-state index in [0.29, 0.717) is 30.2 Å². The van der Waals surface area contributed by atoms with E-state index >= 15 is 0 Å². The fraction of sp³-hybridized carbons (Fsp3) is 0.333. The summed E-state index contributed by atoms with van der Waals surface area (Å²) < 4.78 is 5.43. The molecule has 0 aromatic heterocycles. The molecule has 2 aromatic carbocycles. The topological polar surface area (TPSA) is 70.7 Å². The summed E-state index contributed by atoms with van der Waals surface area (Å²) in [6, 6.07) is 14.3. The van der Waals surface area contributed by atoms with Crippen LogP contribution in [0.5, 0.6) is 5.75 Å². The Bertz CT molecular complexity index is 773. The smallest absolute Gasteiger partial charge is 0.249 e. The maximum Gasteiger partial charge on any atom is 0.249 e. The first kappa shape index (κ1) is 20.3. The molecular weight excluding hydrogens is 342 g/mol. The first-order valence-corrected chi connectivity index (χ1v) is 9.06. The first-order valence-electron chi connectivity index (χ1n) is 9.06. The molecule has 0 bridgehead atoms. The Morgan fingerprint density at radius 1 is 1.07 bits per heavy atom. The van der Waals surface area contributed by atoms with Crippen LogP contribution < -0.4 is 15.4 Å². The van der Waals surface area contributed by atoms with E-state index in [1.54, 1.807) is 30.2 Å². The molecule has 0 spiro atoms. The molecule has 0 heterocycles. The molecule has 6 heteroatoms. The highest BCUT2D eigenvalue weighted by Crippen LogP contribution is 2.32. The largest absolute Gasteiger partial charge is 0.495 e. The molecule has 0 radical (unpaired) electrons. The number of anilines is 2. The van der Waals surface area contributed by atoms with E-state index in [4.69, 9.17) is 4.74 Å². The van der Waals surface area contributed by atoms with Crippen molar-refractivity contribution in [2.24, 2.45) is 0 Å². The fourth-order valence-electron chi connectivity index (χ4n) is 2.91. The monoisotopic (exact) mass is 369 g/mol. The van der Waals surface area contributed by atoms with Gasteiger partial charge in [0, 0.05) is 25.7 Å². The number of carbonyl (C=O) groups excluding carboxylic acids is 2. The van der Waals surface area contributed by atoms with Crippen LogP contribution in [0.25, 0.3) is 0 Å². The summed E-state index contributed by atoms with van der Waals surface area (Å²) in [5.41, 5.74) is 2.13. The molecule has 27 heavy (non-hydrogen) atoms. The lowest BCUT2D eigenvalue weighted by atomic mass is 10.0. The van der Waals surface area contributed by atoms with Gasteiger partial charge in [-0.05, 0) is 37.6 Å². The van der Waals surface area contributed by atoms with Crippen LogP contribution in [0.15, 0.2) is 48.5 Å². The van der Waals surface area contributed by atoms with Gasteiger partial charge < -0.3 is 20.3 Å². The lowest BCUT2D eigenvalue weighted by molar-refractivity contribution is -0.131. The number of hydrogen-bond donors (Lipinski definition) is 2. The third-order valence-corrected chi connectivity index (χ3v) is 4.27. The Kier molecular flexibility index (Phi) is 7.23. The molecule has 0 saturated heterocycles. The Balaban J connectivity index is 2.42. The zero-order valence-corrected chi connectivity index (χ0v) is 16.3. The highest BCUT2D eigenvalue weighted by Gasteiger charge is 2.25. The van der Waals surface area contributed by atoms with E-state index in [-0.39, 0.29) is 11.8 Å². The van der Waals surface area contributed by atoms with Crippen LogP contribution in [0.3, 0.4) is 0 Å². The van der Waals surface area contributed by atoms with Crippen LogP contribution in [-0.2, 0) is 9.59 Å². The molecule has 0 saturated carbocycles. The third-order valence-electron chi connectivity index (χ3n) is 4.27. The van der Waals surface area contributed by atoms with Crippen LogP contribution in [0, 0.1) is 0 Å². The van der Waals surface area contributed by atoms with Gasteiger partial charge in [-0.2, -0.15) is 0 Å². The molecule has 0 aliphatic rings. The van der Waals surface area contributed by atoms with Gasteiger partial charge in [0.1, 0.15) is 11.8 Å². The van der Waals surface area contributed by atoms with Crippen molar-refractivity contribution in [2.75, 3.05) is 30.8 Å². The Morgan fingerprint density at radius 3 is 2.30 bits per heavy atom. The molecule has 6 nitrogen and oxygen atoms in total. The van der Waals surface area contributed by atoms with Crippen molar-refractivity contribution < 1.29 is 14.3 Å². The number of rotatable bonds is 8. The zero-order chi connectivity index (χ0) is 19.8. The minimum atomic E-state index is -0.562. The number of nitrogens with one attached hydrogen (secondary N) is 2. The minimum absolute atomic E-state index is 0.0156. The number of carbonyl (C=O) groups is 2.